The van der Waals surface area contributed by atoms with E-state index in [2.05, 4.69) is 39.9 Å². The van der Waals surface area contributed by atoms with Crippen molar-refractivity contribution in [2.75, 3.05) is 13.7 Å². The van der Waals surface area contributed by atoms with Crippen LogP contribution in [0, 0.1) is 5.41 Å². The maximum atomic E-state index is 6.29. The summed E-state index contributed by atoms with van der Waals surface area (Å²) in [6.07, 6.45) is 1.09. The van der Waals surface area contributed by atoms with Gasteiger partial charge in [0.1, 0.15) is 0 Å². The van der Waals surface area contributed by atoms with Gasteiger partial charge in [0.25, 0.3) is 0 Å². The summed E-state index contributed by atoms with van der Waals surface area (Å²) in [6.45, 7) is 14.5. The van der Waals surface area contributed by atoms with Gasteiger partial charge >= 0.3 is 0 Å². The summed E-state index contributed by atoms with van der Waals surface area (Å²) in [5.74, 6) is 1.30. The quantitative estimate of drug-likeness (QED) is 0.760. The summed E-state index contributed by atoms with van der Waals surface area (Å²) in [5, 5.41) is 4.19. The summed E-state index contributed by atoms with van der Waals surface area (Å²) in [5.41, 5.74) is 1.43. The van der Waals surface area contributed by atoms with Crippen molar-refractivity contribution in [2.45, 2.75) is 60.0 Å². The van der Waals surface area contributed by atoms with Gasteiger partial charge in [0.05, 0.1) is 18.7 Å². The lowest BCUT2D eigenvalue weighted by atomic mass is 9.82. The van der Waals surface area contributed by atoms with Crippen molar-refractivity contribution < 1.29 is 9.47 Å². The van der Waals surface area contributed by atoms with E-state index < -0.39 is 0 Å². The minimum atomic E-state index is 0.0520. The van der Waals surface area contributed by atoms with Crippen LogP contribution in [0.5, 0.6) is 11.5 Å². The van der Waals surface area contributed by atoms with Gasteiger partial charge in [-0.25, -0.2) is 0 Å². The molecular weight excluding hydrogens is 298 g/mol. The number of nitrogens with one attached hydrogen (secondary N) is 1. The normalized spacial score (nSPS) is 12.4. The van der Waals surface area contributed by atoms with Crippen LogP contribution in [-0.2, 0) is 6.54 Å². The molecule has 0 heterocycles. The Labute approximate surface area is 140 Å². The van der Waals surface area contributed by atoms with Gasteiger partial charge in [0, 0.05) is 12.1 Å². The molecule has 0 atom stereocenters. The Bertz CT molecular complexity index is 493. The standard InChI is InChI=1S/C18H30ClNO2/c1-8-22-15-10-13(9-14(19)16(15)21-7)11-20-18(5,6)12-17(2,3)4/h9-10,20H,8,11-12H2,1-7H3. The second kappa shape index (κ2) is 7.56. The largest absolute Gasteiger partial charge is 0.491 e. The highest BCUT2D eigenvalue weighted by atomic mass is 35.5. The van der Waals surface area contributed by atoms with Crippen molar-refractivity contribution in [2.24, 2.45) is 5.41 Å². The minimum Gasteiger partial charge on any atom is -0.491 e. The zero-order valence-electron chi connectivity index (χ0n) is 15.0. The lowest BCUT2D eigenvalue weighted by Gasteiger charge is -2.33. The van der Waals surface area contributed by atoms with E-state index in [0.29, 0.717) is 23.1 Å². The monoisotopic (exact) mass is 327 g/mol. The van der Waals surface area contributed by atoms with E-state index in [0.717, 1.165) is 18.5 Å². The molecule has 0 unspecified atom stereocenters. The topological polar surface area (TPSA) is 30.5 Å². The molecule has 22 heavy (non-hydrogen) atoms. The highest BCUT2D eigenvalue weighted by molar-refractivity contribution is 6.32. The predicted molar refractivity (Wildman–Crippen MR) is 94.2 cm³/mol. The molecule has 0 bridgehead atoms. The Morgan fingerprint density at radius 3 is 2.27 bits per heavy atom. The van der Waals surface area contributed by atoms with Gasteiger partial charge in [-0.05, 0) is 50.3 Å². The van der Waals surface area contributed by atoms with E-state index in [9.17, 15) is 0 Å². The van der Waals surface area contributed by atoms with Crippen LogP contribution >= 0.6 is 11.6 Å². The lowest BCUT2D eigenvalue weighted by Crippen LogP contribution is -2.41. The summed E-state index contributed by atoms with van der Waals surface area (Å²) in [6, 6.07) is 3.93. The molecule has 1 aromatic rings. The van der Waals surface area contributed by atoms with Gasteiger partial charge in [0.2, 0.25) is 0 Å². The first kappa shape index (κ1) is 19.1. The van der Waals surface area contributed by atoms with Crippen molar-refractivity contribution in [3.63, 3.8) is 0 Å². The van der Waals surface area contributed by atoms with Gasteiger partial charge in [-0.1, -0.05) is 32.4 Å². The minimum absolute atomic E-state index is 0.0520. The molecule has 126 valence electrons. The van der Waals surface area contributed by atoms with Crippen LogP contribution in [0.3, 0.4) is 0 Å². The number of methoxy groups -OCH3 is 1. The molecule has 4 heteroatoms. The fourth-order valence-corrected chi connectivity index (χ4v) is 3.22. The van der Waals surface area contributed by atoms with E-state index >= 15 is 0 Å². The molecule has 0 aromatic heterocycles. The van der Waals surface area contributed by atoms with Crippen LogP contribution in [0.1, 0.15) is 53.5 Å². The summed E-state index contributed by atoms with van der Waals surface area (Å²) in [4.78, 5) is 0. The zero-order valence-corrected chi connectivity index (χ0v) is 15.7. The number of halogens is 1. The first-order valence-corrected chi connectivity index (χ1v) is 8.20. The second-order valence-electron chi connectivity index (χ2n) is 7.52. The first-order valence-electron chi connectivity index (χ1n) is 7.82. The van der Waals surface area contributed by atoms with Crippen LogP contribution in [0.25, 0.3) is 0 Å². The van der Waals surface area contributed by atoms with Crippen LogP contribution in [0.2, 0.25) is 5.02 Å². The molecule has 0 saturated carbocycles. The third kappa shape index (κ3) is 6.05. The van der Waals surface area contributed by atoms with Crippen molar-refractivity contribution in [1.29, 1.82) is 0 Å². The molecule has 0 aliphatic carbocycles. The highest BCUT2D eigenvalue weighted by Crippen LogP contribution is 2.36. The predicted octanol–water partition coefficient (Wildman–Crippen LogP) is 5.05. The van der Waals surface area contributed by atoms with E-state index in [4.69, 9.17) is 21.1 Å². The van der Waals surface area contributed by atoms with Gasteiger partial charge in [-0.3, -0.25) is 0 Å². The second-order valence-corrected chi connectivity index (χ2v) is 7.92. The third-order valence-corrected chi connectivity index (χ3v) is 3.60. The summed E-state index contributed by atoms with van der Waals surface area (Å²) < 4.78 is 10.9. The highest BCUT2D eigenvalue weighted by Gasteiger charge is 2.25. The van der Waals surface area contributed by atoms with Crippen molar-refractivity contribution in [3.05, 3.63) is 22.7 Å². The van der Waals surface area contributed by atoms with E-state index in [-0.39, 0.29) is 11.0 Å². The maximum Gasteiger partial charge on any atom is 0.179 e. The first-order chi connectivity index (χ1) is 10.1. The summed E-state index contributed by atoms with van der Waals surface area (Å²) >= 11 is 6.29. The van der Waals surface area contributed by atoms with Gasteiger partial charge < -0.3 is 14.8 Å². The third-order valence-electron chi connectivity index (χ3n) is 3.32. The fraction of sp³-hybridized carbons (Fsp3) is 0.667. The molecule has 0 saturated heterocycles. The number of ether oxygens (including phenoxy) is 2. The van der Waals surface area contributed by atoms with Crippen LogP contribution < -0.4 is 14.8 Å². The van der Waals surface area contributed by atoms with Crippen molar-refractivity contribution in [3.8, 4) is 11.5 Å². The molecule has 1 rings (SSSR count). The number of benzene rings is 1. The van der Waals surface area contributed by atoms with Gasteiger partial charge in [0.15, 0.2) is 11.5 Å². The van der Waals surface area contributed by atoms with Gasteiger partial charge in [-0.2, -0.15) is 0 Å². The average Bonchev–Trinajstić information content (AvgIpc) is 2.34. The maximum absolute atomic E-state index is 6.29. The van der Waals surface area contributed by atoms with Gasteiger partial charge in [-0.15, -0.1) is 0 Å². The Balaban J connectivity index is 2.86. The lowest BCUT2D eigenvalue weighted by molar-refractivity contribution is 0.240. The van der Waals surface area contributed by atoms with Crippen molar-refractivity contribution in [1.82, 2.24) is 5.32 Å². The van der Waals surface area contributed by atoms with E-state index in [1.807, 2.05) is 19.1 Å². The average molecular weight is 328 g/mol. The Morgan fingerprint density at radius 1 is 1.14 bits per heavy atom. The Kier molecular flexibility index (Phi) is 6.57. The Hall–Kier alpha value is -0.930. The van der Waals surface area contributed by atoms with Crippen molar-refractivity contribution >= 4 is 11.6 Å². The smallest absolute Gasteiger partial charge is 0.179 e. The van der Waals surface area contributed by atoms with E-state index in [1.54, 1.807) is 7.11 Å². The number of hydrogen-bond donors (Lipinski definition) is 1. The molecule has 0 radical (unpaired) electrons. The number of hydrogen-bond acceptors (Lipinski definition) is 3. The van der Waals surface area contributed by atoms with Crippen LogP contribution in [0.15, 0.2) is 12.1 Å². The SMILES string of the molecule is CCOc1cc(CNC(C)(C)CC(C)(C)C)cc(Cl)c1OC. The molecular formula is C18H30ClNO2. The molecule has 0 spiro atoms. The molecule has 3 nitrogen and oxygen atoms in total. The van der Waals surface area contributed by atoms with E-state index in [1.165, 1.54) is 0 Å². The van der Waals surface area contributed by atoms with Crippen LogP contribution in [-0.4, -0.2) is 19.3 Å². The molecule has 0 fully saturated rings. The molecule has 1 N–H and O–H groups in total. The summed E-state index contributed by atoms with van der Waals surface area (Å²) in [7, 11) is 1.61. The fourth-order valence-electron chi connectivity index (χ4n) is 2.91. The molecule has 1 aromatic carbocycles. The Morgan fingerprint density at radius 2 is 1.77 bits per heavy atom. The molecule has 0 aliphatic rings. The number of rotatable bonds is 7. The zero-order chi connectivity index (χ0) is 17.0. The van der Waals surface area contributed by atoms with Crippen LogP contribution in [0.4, 0.5) is 0 Å². The molecule has 0 aliphatic heterocycles. The molecule has 0 amide bonds.